The van der Waals surface area contributed by atoms with Crippen molar-refractivity contribution in [1.29, 1.82) is 0 Å². The van der Waals surface area contributed by atoms with Crippen molar-refractivity contribution in [1.82, 2.24) is 0 Å². The van der Waals surface area contributed by atoms with E-state index in [0.717, 1.165) is 17.4 Å². The van der Waals surface area contributed by atoms with Crippen LogP contribution in [0.5, 0.6) is 0 Å². The van der Waals surface area contributed by atoms with Crippen LogP contribution >= 0.6 is 0 Å². The molecular weight excluding hydrogens is 248 g/mol. The van der Waals surface area contributed by atoms with Gasteiger partial charge in [-0.05, 0) is 34.7 Å². The first-order valence-corrected chi connectivity index (χ1v) is 7.33. The average Bonchev–Trinajstić information content (AvgIpc) is 2.35. The molecular formula is C14H15O3S-. The summed E-state index contributed by atoms with van der Waals surface area (Å²) in [5.74, 6) is 0.332. The van der Waals surface area contributed by atoms with Crippen LogP contribution in [0.25, 0.3) is 10.8 Å². The number of hydrogen-bond donors (Lipinski definition) is 0. The summed E-state index contributed by atoms with van der Waals surface area (Å²) in [5.41, 5.74) is 1.08. The highest BCUT2D eigenvalue weighted by molar-refractivity contribution is 7.86. The summed E-state index contributed by atoms with van der Waals surface area (Å²) in [4.78, 5) is -0.134. The minimum absolute atomic E-state index is 0.134. The smallest absolute Gasteiger partial charge is 0.125 e. The Labute approximate surface area is 107 Å². The molecule has 2 aromatic rings. The van der Waals surface area contributed by atoms with Gasteiger partial charge < -0.3 is 4.55 Å². The standard InChI is InChI=1S/C14H16O3S/c1-3-10(2)11-8-9-14(18(15,16)17)13-7-5-4-6-12(11)13/h4-10H,3H2,1-2H3,(H,15,16,17)/p-1. The van der Waals surface area contributed by atoms with Gasteiger partial charge in [0.05, 0.1) is 4.90 Å². The van der Waals surface area contributed by atoms with Gasteiger partial charge in [-0.2, -0.15) is 0 Å². The molecule has 0 saturated heterocycles. The zero-order valence-electron chi connectivity index (χ0n) is 10.4. The largest absolute Gasteiger partial charge is 0.744 e. The SMILES string of the molecule is CCC(C)c1ccc(S(=O)(=O)[O-])c2ccccc12. The molecule has 0 aliphatic rings. The van der Waals surface area contributed by atoms with E-state index >= 15 is 0 Å². The van der Waals surface area contributed by atoms with Gasteiger partial charge in [0, 0.05) is 0 Å². The molecule has 1 atom stereocenters. The molecule has 2 aromatic carbocycles. The van der Waals surface area contributed by atoms with Gasteiger partial charge in [0.15, 0.2) is 0 Å². The predicted molar refractivity (Wildman–Crippen MR) is 70.6 cm³/mol. The Morgan fingerprint density at radius 2 is 1.72 bits per heavy atom. The van der Waals surface area contributed by atoms with Gasteiger partial charge in [-0.15, -0.1) is 0 Å². The molecule has 0 aliphatic carbocycles. The Morgan fingerprint density at radius 1 is 1.11 bits per heavy atom. The van der Waals surface area contributed by atoms with Gasteiger partial charge in [-0.1, -0.05) is 44.2 Å². The van der Waals surface area contributed by atoms with Crippen molar-refractivity contribution in [2.24, 2.45) is 0 Å². The number of hydrogen-bond acceptors (Lipinski definition) is 3. The Kier molecular flexibility index (Phi) is 3.41. The lowest BCUT2D eigenvalue weighted by Crippen LogP contribution is -2.02. The van der Waals surface area contributed by atoms with Crippen LogP contribution in [0.2, 0.25) is 0 Å². The highest BCUT2D eigenvalue weighted by Gasteiger charge is 2.13. The van der Waals surface area contributed by atoms with Crippen LogP contribution in [0.15, 0.2) is 41.3 Å². The molecule has 0 heterocycles. The Balaban J connectivity index is 2.83. The molecule has 4 heteroatoms. The van der Waals surface area contributed by atoms with Gasteiger partial charge in [0.2, 0.25) is 0 Å². The van der Waals surface area contributed by atoms with Gasteiger partial charge in [0.1, 0.15) is 10.1 Å². The molecule has 0 aromatic heterocycles. The second kappa shape index (κ2) is 4.71. The molecule has 0 radical (unpaired) electrons. The van der Waals surface area contributed by atoms with E-state index in [0.29, 0.717) is 11.3 Å². The third kappa shape index (κ3) is 2.26. The fraction of sp³-hybridized carbons (Fsp3) is 0.286. The van der Waals surface area contributed by atoms with E-state index in [1.807, 2.05) is 12.1 Å². The van der Waals surface area contributed by atoms with Gasteiger partial charge in [-0.25, -0.2) is 8.42 Å². The minimum Gasteiger partial charge on any atom is -0.744 e. The van der Waals surface area contributed by atoms with E-state index < -0.39 is 10.1 Å². The van der Waals surface area contributed by atoms with E-state index in [9.17, 15) is 13.0 Å². The van der Waals surface area contributed by atoms with Crippen molar-refractivity contribution in [2.75, 3.05) is 0 Å². The van der Waals surface area contributed by atoms with Crippen molar-refractivity contribution in [2.45, 2.75) is 31.1 Å². The van der Waals surface area contributed by atoms with Gasteiger partial charge in [-0.3, -0.25) is 0 Å². The average molecular weight is 263 g/mol. The maximum Gasteiger partial charge on any atom is 0.125 e. The van der Waals surface area contributed by atoms with E-state index in [2.05, 4.69) is 13.8 Å². The summed E-state index contributed by atoms with van der Waals surface area (Å²) < 4.78 is 33.7. The molecule has 0 amide bonds. The zero-order valence-corrected chi connectivity index (χ0v) is 11.2. The quantitative estimate of drug-likeness (QED) is 0.799. The maximum atomic E-state index is 11.2. The van der Waals surface area contributed by atoms with Crippen LogP contribution in [0, 0.1) is 0 Å². The fourth-order valence-electron chi connectivity index (χ4n) is 2.16. The van der Waals surface area contributed by atoms with Crippen LogP contribution in [0.3, 0.4) is 0 Å². The molecule has 0 bridgehead atoms. The Bertz CT molecular complexity index is 674. The normalized spacial score (nSPS) is 13.7. The fourth-order valence-corrected chi connectivity index (χ4v) is 2.84. The molecule has 1 unspecified atom stereocenters. The first kappa shape index (κ1) is 13.1. The summed E-state index contributed by atoms with van der Waals surface area (Å²) in [5, 5.41) is 1.37. The van der Waals surface area contributed by atoms with Crippen molar-refractivity contribution in [3.05, 3.63) is 42.0 Å². The summed E-state index contributed by atoms with van der Waals surface area (Å²) in [6.45, 7) is 4.17. The van der Waals surface area contributed by atoms with Crippen LogP contribution < -0.4 is 0 Å². The first-order valence-electron chi connectivity index (χ1n) is 5.92. The highest BCUT2D eigenvalue weighted by Crippen LogP contribution is 2.31. The topological polar surface area (TPSA) is 57.2 Å². The molecule has 0 N–H and O–H groups in total. The van der Waals surface area contributed by atoms with Gasteiger partial charge >= 0.3 is 0 Å². The van der Waals surface area contributed by atoms with E-state index in [4.69, 9.17) is 0 Å². The molecule has 0 fully saturated rings. The first-order chi connectivity index (χ1) is 8.45. The third-order valence-corrected chi connectivity index (χ3v) is 4.23. The lowest BCUT2D eigenvalue weighted by molar-refractivity contribution is 0.464. The second-order valence-electron chi connectivity index (χ2n) is 4.46. The maximum absolute atomic E-state index is 11.2. The minimum atomic E-state index is -4.43. The highest BCUT2D eigenvalue weighted by atomic mass is 32.2. The predicted octanol–water partition coefficient (Wildman–Crippen LogP) is 3.26. The van der Waals surface area contributed by atoms with E-state index in [1.54, 1.807) is 18.2 Å². The lowest BCUT2D eigenvalue weighted by Gasteiger charge is -2.16. The molecule has 18 heavy (non-hydrogen) atoms. The van der Waals surface area contributed by atoms with Crippen molar-refractivity contribution in [3.8, 4) is 0 Å². The summed E-state index contributed by atoms with van der Waals surface area (Å²) in [6.07, 6.45) is 0.966. The molecule has 96 valence electrons. The van der Waals surface area contributed by atoms with Crippen molar-refractivity contribution in [3.63, 3.8) is 0 Å². The Hall–Kier alpha value is -1.39. The van der Waals surface area contributed by atoms with Crippen molar-refractivity contribution < 1.29 is 13.0 Å². The number of fused-ring (bicyclic) bond motifs is 1. The summed E-state index contributed by atoms with van der Waals surface area (Å²) in [7, 11) is -4.43. The lowest BCUT2D eigenvalue weighted by atomic mass is 9.93. The van der Waals surface area contributed by atoms with Crippen LogP contribution in [0.4, 0.5) is 0 Å². The van der Waals surface area contributed by atoms with E-state index in [1.165, 1.54) is 6.07 Å². The van der Waals surface area contributed by atoms with E-state index in [-0.39, 0.29) is 4.90 Å². The molecule has 0 saturated carbocycles. The molecule has 0 spiro atoms. The molecule has 3 nitrogen and oxygen atoms in total. The van der Waals surface area contributed by atoms with Crippen LogP contribution in [-0.2, 0) is 10.1 Å². The number of rotatable bonds is 3. The van der Waals surface area contributed by atoms with Gasteiger partial charge in [0.25, 0.3) is 0 Å². The molecule has 0 aliphatic heterocycles. The van der Waals surface area contributed by atoms with Crippen molar-refractivity contribution >= 4 is 20.9 Å². The third-order valence-electron chi connectivity index (χ3n) is 3.33. The Morgan fingerprint density at radius 3 is 2.28 bits per heavy atom. The van der Waals surface area contributed by atoms with Crippen LogP contribution in [-0.4, -0.2) is 13.0 Å². The second-order valence-corrected chi connectivity index (χ2v) is 5.81. The number of benzene rings is 2. The monoisotopic (exact) mass is 263 g/mol. The summed E-state index contributed by atoms with van der Waals surface area (Å²) in [6, 6.07) is 10.3. The van der Waals surface area contributed by atoms with Crippen LogP contribution in [0.1, 0.15) is 31.7 Å². The zero-order chi connectivity index (χ0) is 13.3. The summed E-state index contributed by atoms with van der Waals surface area (Å²) >= 11 is 0. The molecule has 2 rings (SSSR count).